The van der Waals surface area contributed by atoms with E-state index >= 15 is 0 Å². The van der Waals surface area contributed by atoms with Crippen LogP contribution < -0.4 is 5.32 Å². The first-order valence-corrected chi connectivity index (χ1v) is 7.88. The average Bonchev–Trinajstić information content (AvgIpc) is 2.56. The largest absolute Gasteiger partial charge is 0.508 e. The third-order valence-electron chi connectivity index (χ3n) is 3.54. The highest BCUT2D eigenvalue weighted by atomic mass is 79.9. The van der Waals surface area contributed by atoms with Crippen LogP contribution in [0.5, 0.6) is 5.75 Å². The van der Waals surface area contributed by atoms with Gasteiger partial charge >= 0.3 is 0 Å². The first kappa shape index (κ1) is 14.7. The van der Waals surface area contributed by atoms with E-state index in [9.17, 15) is 5.11 Å². The summed E-state index contributed by atoms with van der Waals surface area (Å²) in [6, 6.07) is 25.5. The smallest absolute Gasteiger partial charge is 0.121 e. The molecule has 0 fully saturated rings. The van der Waals surface area contributed by atoms with Crippen molar-refractivity contribution in [1.29, 1.82) is 0 Å². The second-order valence-corrected chi connectivity index (χ2v) is 5.97. The van der Waals surface area contributed by atoms with E-state index in [-0.39, 0.29) is 6.04 Å². The number of rotatable bonds is 4. The minimum atomic E-state index is -0.108. The number of anilines is 1. The molecule has 0 bridgehead atoms. The SMILES string of the molecule is Oc1ccccc1C(Nc1ccc(Br)cc1)c1ccccc1. The van der Waals surface area contributed by atoms with Crippen LogP contribution in [0.25, 0.3) is 0 Å². The summed E-state index contributed by atoms with van der Waals surface area (Å²) in [5.74, 6) is 0.293. The highest BCUT2D eigenvalue weighted by Crippen LogP contribution is 2.32. The summed E-state index contributed by atoms with van der Waals surface area (Å²) in [5.41, 5.74) is 2.96. The zero-order valence-corrected chi connectivity index (χ0v) is 13.5. The second kappa shape index (κ2) is 6.67. The Hall–Kier alpha value is -2.26. The van der Waals surface area contributed by atoms with E-state index in [2.05, 4.69) is 33.4 Å². The molecule has 0 aliphatic carbocycles. The second-order valence-electron chi connectivity index (χ2n) is 5.05. The number of phenolic OH excluding ortho intramolecular Hbond substituents is 1. The van der Waals surface area contributed by atoms with E-state index in [0.717, 1.165) is 21.3 Å². The number of benzene rings is 3. The lowest BCUT2D eigenvalue weighted by Gasteiger charge is -2.22. The van der Waals surface area contributed by atoms with Crippen molar-refractivity contribution in [2.24, 2.45) is 0 Å². The number of aromatic hydroxyl groups is 1. The van der Waals surface area contributed by atoms with Gasteiger partial charge in [-0.05, 0) is 35.9 Å². The molecule has 0 spiro atoms. The van der Waals surface area contributed by atoms with Crippen LogP contribution in [0.15, 0.2) is 83.3 Å². The minimum Gasteiger partial charge on any atom is -0.508 e. The first-order valence-electron chi connectivity index (χ1n) is 7.09. The van der Waals surface area contributed by atoms with Crippen molar-refractivity contribution in [3.8, 4) is 5.75 Å². The molecule has 2 nitrogen and oxygen atoms in total. The molecular weight excluding hydrogens is 338 g/mol. The fourth-order valence-electron chi connectivity index (χ4n) is 2.43. The summed E-state index contributed by atoms with van der Waals surface area (Å²) in [7, 11) is 0. The van der Waals surface area contributed by atoms with E-state index in [4.69, 9.17) is 0 Å². The maximum absolute atomic E-state index is 10.2. The molecule has 0 heterocycles. The van der Waals surface area contributed by atoms with Gasteiger partial charge in [0.25, 0.3) is 0 Å². The molecule has 1 unspecified atom stereocenters. The van der Waals surface area contributed by atoms with Gasteiger partial charge < -0.3 is 10.4 Å². The maximum Gasteiger partial charge on any atom is 0.121 e. The standard InChI is InChI=1S/C19H16BrNO/c20-15-10-12-16(13-11-15)21-19(14-6-2-1-3-7-14)17-8-4-5-9-18(17)22/h1-13,19,21-22H. The quantitative estimate of drug-likeness (QED) is 0.661. The summed E-state index contributed by atoms with van der Waals surface area (Å²) in [4.78, 5) is 0. The zero-order chi connectivity index (χ0) is 15.4. The van der Waals surface area contributed by atoms with Crippen LogP contribution in [0.1, 0.15) is 17.2 Å². The van der Waals surface area contributed by atoms with Gasteiger partial charge in [0, 0.05) is 15.7 Å². The highest BCUT2D eigenvalue weighted by Gasteiger charge is 2.17. The summed E-state index contributed by atoms with van der Waals surface area (Å²) in [5, 5.41) is 13.7. The highest BCUT2D eigenvalue weighted by molar-refractivity contribution is 9.10. The molecule has 0 radical (unpaired) electrons. The predicted octanol–water partition coefficient (Wildman–Crippen LogP) is 5.36. The van der Waals surface area contributed by atoms with E-state index in [1.54, 1.807) is 6.07 Å². The lowest BCUT2D eigenvalue weighted by molar-refractivity contribution is 0.466. The predicted molar refractivity (Wildman–Crippen MR) is 94.2 cm³/mol. The average molecular weight is 354 g/mol. The minimum absolute atomic E-state index is 0.108. The molecule has 110 valence electrons. The van der Waals surface area contributed by atoms with Crippen LogP contribution >= 0.6 is 15.9 Å². The fraction of sp³-hybridized carbons (Fsp3) is 0.0526. The molecule has 0 saturated carbocycles. The van der Waals surface area contributed by atoms with E-state index in [1.165, 1.54) is 0 Å². The summed E-state index contributed by atoms with van der Waals surface area (Å²) >= 11 is 3.45. The van der Waals surface area contributed by atoms with Crippen LogP contribution in [-0.4, -0.2) is 5.11 Å². The van der Waals surface area contributed by atoms with Gasteiger partial charge in [0.2, 0.25) is 0 Å². The van der Waals surface area contributed by atoms with Crippen LogP contribution in [0.3, 0.4) is 0 Å². The third kappa shape index (κ3) is 3.31. The number of phenols is 1. The molecular formula is C19H16BrNO. The van der Waals surface area contributed by atoms with Crippen LogP contribution in [0, 0.1) is 0 Å². The lowest BCUT2D eigenvalue weighted by atomic mass is 9.97. The molecule has 1 atom stereocenters. The van der Waals surface area contributed by atoms with Crippen molar-refractivity contribution in [3.63, 3.8) is 0 Å². The van der Waals surface area contributed by atoms with Gasteiger partial charge in [-0.1, -0.05) is 64.5 Å². The Labute approximate surface area is 138 Å². The van der Waals surface area contributed by atoms with Crippen molar-refractivity contribution in [1.82, 2.24) is 0 Å². The topological polar surface area (TPSA) is 32.3 Å². The Morgan fingerprint density at radius 1 is 0.773 bits per heavy atom. The Kier molecular flexibility index (Phi) is 4.45. The first-order chi connectivity index (χ1) is 10.7. The summed E-state index contributed by atoms with van der Waals surface area (Å²) in [6.07, 6.45) is 0. The van der Waals surface area contributed by atoms with E-state index in [1.807, 2.05) is 60.7 Å². The van der Waals surface area contributed by atoms with Crippen LogP contribution in [-0.2, 0) is 0 Å². The van der Waals surface area contributed by atoms with Crippen molar-refractivity contribution >= 4 is 21.6 Å². The Bertz CT molecular complexity index is 741. The normalized spacial score (nSPS) is 11.9. The number of hydrogen-bond acceptors (Lipinski definition) is 2. The van der Waals surface area contributed by atoms with Crippen molar-refractivity contribution in [2.75, 3.05) is 5.32 Å². The van der Waals surface area contributed by atoms with Gasteiger partial charge in [-0.25, -0.2) is 0 Å². The van der Waals surface area contributed by atoms with Gasteiger partial charge in [0.15, 0.2) is 0 Å². The molecule has 3 aromatic carbocycles. The number of hydrogen-bond donors (Lipinski definition) is 2. The Morgan fingerprint density at radius 3 is 2.09 bits per heavy atom. The maximum atomic E-state index is 10.2. The number of halogens is 1. The number of para-hydroxylation sites is 1. The number of nitrogens with one attached hydrogen (secondary N) is 1. The van der Waals surface area contributed by atoms with E-state index < -0.39 is 0 Å². The molecule has 0 aliphatic rings. The van der Waals surface area contributed by atoms with E-state index in [0.29, 0.717) is 5.75 Å². The van der Waals surface area contributed by atoms with Crippen molar-refractivity contribution in [2.45, 2.75) is 6.04 Å². The third-order valence-corrected chi connectivity index (χ3v) is 4.06. The molecule has 0 amide bonds. The van der Waals surface area contributed by atoms with Gasteiger partial charge in [-0.3, -0.25) is 0 Å². The summed E-state index contributed by atoms with van der Waals surface area (Å²) in [6.45, 7) is 0. The van der Waals surface area contributed by atoms with Gasteiger partial charge in [0.05, 0.1) is 6.04 Å². The van der Waals surface area contributed by atoms with Gasteiger partial charge in [0.1, 0.15) is 5.75 Å². The molecule has 3 rings (SSSR count). The molecule has 0 aliphatic heterocycles. The van der Waals surface area contributed by atoms with Crippen LogP contribution in [0.2, 0.25) is 0 Å². The fourth-order valence-corrected chi connectivity index (χ4v) is 2.69. The van der Waals surface area contributed by atoms with Crippen molar-refractivity contribution < 1.29 is 5.11 Å². The Morgan fingerprint density at radius 2 is 1.41 bits per heavy atom. The van der Waals surface area contributed by atoms with Crippen LogP contribution in [0.4, 0.5) is 5.69 Å². The monoisotopic (exact) mass is 353 g/mol. The molecule has 2 N–H and O–H groups in total. The molecule has 0 aromatic heterocycles. The van der Waals surface area contributed by atoms with Gasteiger partial charge in [-0.2, -0.15) is 0 Å². The lowest BCUT2D eigenvalue weighted by Crippen LogP contribution is -2.12. The molecule has 22 heavy (non-hydrogen) atoms. The van der Waals surface area contributed by atoms with Crippen molar-refractivity contribution in [3.05, 3.63) is 94.5 Å². The molecule has 3 aromatic rings. The molecule has 0 saturated heterocycles. The summed E-state index contributed by atoms with van der Waals surface area (Å²) < 4.78 is 1.04. The zero-order valence-electron chi connectivity index (χ0n) is 11.9. The van der Waals surface area contributed by atoms with Gasteiger partial charge in [-0.15, -0.1) is 0 Å². The Balaban J connectivity index is 2.00. The molecule has 3 heteroatoms.